The molecule has 1 aliphatic heterocycles. The van der Waals surface area contributed by atoms with Crippen molar-refractivity contribution in [3.8, 4) is 0 Å². The lowest BCUT2D eigenvalue weighted by Gasteiger charge is -2.44. The van der Waals surface area contributed by atoms with Crippen LogP contribution in [0.1, 0.15) is 60.5 Å². The number of likely N-dealkylation sites (tertiary alicyclic amines) is 1. The average Bonchev–Trinajstić information content (AvgIpc) is 3.03. The van der Waals surface area contributed by atoms with E-state index in [4.69, 9.17) is 28.0 Å². The van der Waals surface area contributed by atoms with Crippen LogP contribution in [0.5, 0.6) is 0 Å². The van der Waals surface area contributed by atoms with Gasteiger partial charge in [-0.1, -0.05) is 19.9 Å². The molecule has 1 amide bonds. The van der Waals surface area contributed by atoms with Crippen LogP contribution in [0.3, 0.4) is 0 Å². The Kier molecular flexibility index (Phi) is 17.4. The molecule has 0 spiro atoms. The number of allylic oxidation sites excluding steroid dienone is 2. The van der Waals surface area contributed by atoms with Gasteiger partial charge in [-0.25, -0.2) is 18.4 Å². The largest absolute Gasteiger partial charge is 0.510 e. The third-order valence-corrected chi connectivity index (χ3v) is 8.64. The van der Waals surface area contributed by atoms with Crippen molar-refractivity contribution in [3.05, 3.63) is 58.6 Å². The molecule has 2 rings (SSSR count). The summed E-state index contributed by atoms with van der Waals surface area (Å²) in [5.41, 5.74) is -1.31. The Morgan fingerprint density at radius 1 is 1.06 bits per heavy atom. The standard InChI is InChI=1S/C33H46F2N3O12P/c1-20(2)49-31(43)45-18-47-51(48-19-46-32(44)50-21(3)4)12-8-11-36-27-16-38(28(26(40)17-39)29(41)33(27,6)7)15-22(5)30(42)37-14-23-9-10-24(34)13-25(23)35/h9-10,13,15,17,20-21,27,36,40H,8,11-12,14,16,18-19H2,1-7H3,(H,37,42)/b22-15+,28-26+. The van der Waals surface area contributed by atoms with Crippen molar-refractivity contribution in [2.45, 2.75) is 79.7 Å². The number of ketones is 1. The van der Waals surface area contributed by atoms with Crippen molar-refractivity contribution < 1.29 is 65.9 Å². The zero-order valence-electron chi connectivity index (χ0n) is 29.7. The Bertz CT molecular complexity index is 1430. The lowest BCUT2D eigenvalue weighted by Crippen LogP contribution is -2.58. The summed E-state index contributed by atoms with van der Waals surface area (Å²) in [5, 5.41) is 16.2. The van der Waals surface area contributed by atoms with Gasteiger partial charge in [-0.3, -0.25) is 23.4 Å². The molecule has 1 aromatic rings. The zero-order valence-corrected chi connectivity index (χ0v) is 30.6. The van der Waals surface area contributed by atoms with Gasteiger partial charge in [-0.2, -0.15) is 0 Å². The number of piperidine rings is 1. The van der Waals surface area contributed by atoms with E-state index in [2.05, 4.69) is 10.6 Å². The van der Waals surface area contributed by atoms with E-state index in [9.17, 15) is 37.9 Å². The minimum atomic E-state index is -1.75. The quantitative estimate of drug-likeness (QED) is 0.0343. The number of halogens is 2. The zero-order chi connectivity index (χ0) is 38.3. The van der Waals surface area contributed by atoms with Gasteiger partial charge in [0.05, 0.1) is 12.2 Å². The second-order valence-electron chi connectivity index (χ2n) is 12.3. The Morgan fingerprint density at radius 2 is 1.65 bits per heavy atom. The number of rotatable bonds is 18. The molecule has 1 heterocycles. The molecule has 0 bridgehead atoms. The molecule has 1 aliphatic rings. The predicted molar refractivity (Wildman–Crippen MR) is 179 cm³/mol. The molecule has 0 aromatic heterocycles. The Hall–Kier alpha value is -4.18. The van der Waals surface area contributed by atoms with Gasteiger partial charge in [-0.05, 0) is 53.7 Å². The van der Waals surface area contributed by atoms with Gasteiger partial charge in [-0.15, -0.1) is 0 Å². The van der Waals surface area contributed by atoms with Gasteiger partial charge in [0.15, 0.2) is 26.2 Å². The lowest BCUT2D eigenvalue weighted by molar-refractivity contribution is -0.129. The molecule has 1 unspecified atom stereocenters. The molecule has 18 heteroatoms. The summed E-state index contributed by atoms with van der Waals surface area (Å²) in [7, 11) is -1.75. The summed E-state index contributed by atoms with van der Waals surface area (Å²) in [6.45, 7) is 10.4. The maximum atomic E-state index is 14.0. The molecule has 0 saturated carbocycles. The molecule has 1 aromatic carbocycles. The minimum Gasteiger partial charge on any atom is -0.503 e. The van der Waals surface area contributed by atoms with Crippen LogP contribution in [-0.2, 0) is 48.9 Å². The number of amides is 1. The van der Waals surface area contributed by atoms with E-state index in [1.165, 1.54) is 24.1 Å². The van der Waals surface area contributed by atoms with Crippen LogP contribution in [0.4, 0.5) is 18.4 Å². The average molecular weight is 746 g/mol. The van der Waals surface area contributed by atoms with Crippen molar-refractivity contribution in [1.82, 2.24) is 15.5 Å². The number of ether oxygens (including phenoxy) is 4. The third-order valence-electron chi connectivity index (χ3n) is 7.17. The highest BCUT2D eigenvalue weighted by Crippen LogP contribution is 2.39. The molecular formula is C33H46F2N3O12P. The van der Waals surface area contributed by atoms with E-state index in [1.807, 2.05) is 0 Å². The van der Waals surface area contributed by atoms with Gasteiger partial charge in [0, 0.05) is 54.1 Å². The van der Waals surface area contributed by atoms with E-state index in [1.54, 1.807) is 41.5 Å². The first kappa shape index (κ1) is 43.0. The number of aliphatic hydroxyl groups excluding tert-OH is 1. The number of aliphatic hydroxyl groups is 1. The fraction of sp³-hybridized carbons (Fsp3) is 0.545. The molecule has 284 valence electrons. The molecule has 1 fully saturated rings. The van der Waals surface area contributed by atoms with Crippen LogP contribution in [0.25, 0.3) is 0 Å². The SMILES string of the molecule is C/C(=C\N1CC(NCCCP(OCOC(=O)OC(C)C)OCOC(=O)OC(C)C)C(C)(C)C(=O)/C1=C(\O)C=O)C(=O)NCc1ccc(F)cc1F. The molecule has 51 heavy (non-hydrogen) atoms. The first-order chi connectivity index (χ1) is 24.0. The minimum absolute atomic E-state index is 0.0442. The molecular weight excluding hydrogens is 699 g/mol. The fourth-order valence-electron chi connectivity index (χ4n) is 4.51. The fourth-order valence-corrected chi connectivity index (χ4v) is 5.60. The van der Waals surface area contributed by atoms with E-state index in [0.29, 0.717) is 19.0 Å². The van der Waals surface area contributed by atoms with Gasteiger partial charge in [0.1, 0.15) is 17.3 Å². The van der Waals surface area contributed by atoms with Crippen LogP contribution in [0.2, 0.25) is 0 Å². The summed E-state index contributed by atoms with van der Waals surface area (Å²) in [6.07, 6.45) is -0.596. The molecule has 3 N–H and O–H groups in total. The summed E-state index contributed by atoms with van der Waals surface area (Å²) in [4.78, 5) is 62.8. The third kappa shape index (κ3) is 14.2. The molecule has 15 nitrogen and oxygen atoms in total. The highest BCUT2D eigenvalue weighted by molar-refractivity contribution is 7.47. The van der Waals surface area contributed by atoms with Gasteiger partial charge >= 0.3 is 12.3 Å². The predicted octanol–water partition coefficient (Wildman–Crippen LogP) is 5.10. The molecule has 0 aliphatic carbocycles. The maximum absolute atomic E-state index is 14.0. The number of carbonyl (C=O) groups is 5. The van der Waals surface area contributed by atoms with Crippen LogP contribution in [0.15, 0.2) is 41.4 Å². The summed E-state index contributed by atoms with van der Waals surface area (Å²) in [6, 6.07) is 2.39. The number of nitrogens with one attached hydrogen (secondary N) is 2. The van der Waals surface area contributed by atoms with Crippen LogP contribution >= 0.6 is 8.38 Å². The monoisotopic (exact) mass is 745 g/mol. The van der Waals surface area contributed by atoms with E-state index >= 15 is 0 Å². The second kappa shape index (κ2) is 20.6. The smallest absolute Gasteiger partial charge is 0.503 e. The normalized spacial score (nSPS) is 17.0. The van der Waals surface area contributed by atoms with Crippen LogP contribution in [-0.4, -0.2) is 91.4 Å². The number of nitrogens with zero attached hydrogens (tertiary/aromatic N) is 1. The molecule has 1 saturated heterocycles. The van der Waals surface area contributed by atoms with E-state index in [0.717, 1.165) is 6.07 Å². The molecule has 1 atom stereocenters. The second-order valence-corrected chi connectivity index (χ2v) is 13.9. The molecule has 0 radical (unpaired) electrons. The van der Waals surface area contributed by atoms with Crippen LogP contribution in [0, 0.1) is 17.0 Å². The Labute approximate surface area is 296 Å². The van der Waals surface area contributed by atoms with Gasteiger partial charge < -0.3 is 39.6 Å². The topological polar surface area (TPSA) is 188 Å². The Balaban J connectivity index is 2.10. The van der Waals surface area contributed by atoms with Crippen molar-refractivity contribution in [3.63, 3.8) is 0 Å². The highest BCUT2D eigenvalue weighted by atomic mass is 31.2. The van der Waals surface area contributed by atoms with Gasteiger partial charge in [0.25, 0.3) is 0 Å². The lowest BCUT2D eigenvalue weighted by atomic mass is 9.75. The van der Waals surface area contributed by atoms with Crippen molar-refractivity contribution >= 4 is 38.7 Å². The summed E-state index contributed by atoms with van der Waals surface area (Å²) in [5.74, 6) is -3.62. The van der Waals surface area contributed by atoms with Gasteiger partial charge in [0.2, 0.25) is 19.5 Å². The summed E-state index contributed by atoms with van der Waals surface area (Å²) < 4.78 is 58.0. The van der Waals surface area contributed by atoms with E-state index < -0.39 is 87.0 Å². The number of benzene rings is 1. The van der Waals surface area contributed by atoms with Crippen molar-refractivity contribution in [2.75, 3.05) is 32.8 Å². The summed E-state index contributed by atoms with van der Waals surface area (Å²) >= 11 is 0. The first-order valence-corrected chi connectivity index (χ1v) is 17.4. The number of hydrogen-bond donors (Lipinski definition) is 3. The first-order valence-electron chi connectivity index (χ1n) is 16.0. The maximum Gasteiger partial charge on any atom is 0.510 e. The van der Waals surface area contributed by atoms with Crippen molar-refractivity contribution in [1.29, 1.82) is 0 Å². The highest BCUT2D eigenvalue weighted by Gasteiger charge is 2.46. The number of aldehydes is 1. The number of carbonyl (C=O) groups excluding carboxylic acids is 5. The van der Waals surface area contributed by atoms with E-state index in [-0.39, 0.29) is 42.4 Å². The number of Topliss-reactive ketones (excluding diaryl/α,β-unsaturated/α-hetero) is 1. The number of hydrogen-bond acceptors (Lipinski definition) is 14. The Morgan fingerprint density at radius 3 is 2.18 bits per heavy atom. The van der Waals surface area contributed by atoms with Crippen molar-refractivity contribution in [2.24, 2.45) is 5.41 Å². The van der Waals surface area contributed by atoms with Crippen LogP contribution < -0.4 is 10.6 Å².